The molecule has 1 fully saturated rings. The van der Waals surface area contributed by atoms with Crippen LogP contribution in [0.5, 0.6) is 0 Å². The zero-order valence-corrected chi connectivity index (χ0v) is 12.0. The number of carbonyl (C=O) groups is 1. The molecule has 1 aliphatic heterocycles. The second-order valence-electron chi connectivity index (χ2n) is 5.51. The van der Waals surface area contributed by atoms with Gasteiger partial charge >= 0.3 is 0 Å². The lowest BCUT2D eigenvalue weighted by Gasteiger charge is -2.38. The molecule has 0 radical (unpaired) electrons. The Balaban J connectivity index is 2.07. The summed E-state index contributed by atoms with van der Waals surface area (Å²) in [4.78, 5) is 16.8. The van der Waals surface area contributed by atoms with Crippen molar-refractivity contribution in [1.29, 1.82) is 0 Å². The Hall–Kier alpha value is -1.55. The van der Waals surface area contributed by atoms with E-state index in [9.17, 15) is 4.79 Å². The highest BCUT2D eigenvalue weighted by Gasteiger charge is 2.27. The van der Waals surface area contributed by atoms with E-state index in [0.717, 1.165) is 25.2 Å². The summed E-state index contributed by atoms with van der Waals surface area (Å²) in [6, 6.07) is 8.03. The summed E-state index contributed by atoms with van der Waals surface area (Å²) in [7, 11) is 2.10. The molecule has 104 valence electrons. The summed E-state index contributed by atoms with van der Waals surface area (Å²) >= 11 is 0. The number of nitrogens with two attached hydrogens (primary N) is 1. The Kier molecular flexibility index (Phi) is 4.10. The number of anilines is 1. The smallest absolute Gasteiger partial charge is 0.229 e. The van der Waals surface area contributed by atoms with Crippen molar-refractivity contribution in [1.82, 2.24) is 9.80 Å². The molecule has 1 aliphatic rings. The minimum Gasteiger partial charge on any atom is -0.399 e. The van der Waals surface area contributed by atoms with Gasteiger partial charge in [0.25, 0.3) is 0 Å². The fourth-order valence-electron chi connectivity index (χ4n) is 2.49. The number of benzene rings is 1. The highest BCUT2D eigenvalue weighted by Crippen LogP contribution is 2.21. The van der Waals surface area contributed by atoms with Gasteiger partial charge < -0.3 is 15.5 Å². The van der Waals surface area contributed by atoms with Crippen molar-refractivity contribution in [2.45, 2.75) is 25.8 Å². The van der Waals surface area contributed by atoms with E-state index >= 15 is 0 Å². The Morgan fingerprint density at radius 2 is 2.16 bits per heavy atom. The molecular weight excluding hydrogens is 238 g/mol. The van der Waals surface area contributed by atoms with Crippen LogP contribution in [0.15, 0.2) is 24.3 Å². The van der Waals surface area contributed by atoms with Gasteiger partial charge in [-0.1, -0.05) is 12.1 Å². The Bertz CT molecular complexity index is 460. The molecule has 1 aromatic carbocycles. The van der Waals surface area contributed by atoms with Crippen molar-refractivity contribution >= 4 is 11.6 Å². The fraction of sp³-hybridized carbons (Fsp3) is 0.533. The molecule has 19 heavy (non-hydrogen) atoms. The van der Waals surface area contributed by atoms with Crippen molar-refractivity contribution in [3.63, 3.8) is 0 Å². The van der Waals surface area contributed by atoms with E-state index in [-0.39, 0.29) is 11.8 Å². The second-order valence-corrected chi connectivity index (χ2v) is 5.51. The van der Waals surface area contributed by atoms with Crippen LogP contribution in [0.2, 0.25) is 0 Å². The predicted molar refractivity (Wildman–Crippen MR) is 77.9 cm³/mol. The molecule has 2 unspecified atom stereocenters. The lowest BCUT2D eigenvalue weighted by Crippen LogP contribution is -2.52. The van der Waals surface area contributed by atoms with Gasteiger partial charge in [0, 0.05) is 31.4 Å². The van der Waals surface area contributed by atoms with E-state index in [4.69, 9.17) is 5.73 Å². The van der Waals surface area contributed by atoms with Crippen LogP contribution < -0.4 is 5.73 Å². The lowest BCUT2D eigenvalue weighted by molar-refractivity contribution is -0.135. The fourth-order valence-corrected chi connectivity index (χ4v) is 2.49. The van der Waals surface area contributed by atoms with Gasteiger partial charge in [-0.25, -0.2) is 0 Å². The van der Waals surface area contributed by atoms with Gasteiger partial charge in [0.15, 0.2) is 0 Å². The molecule has 0 spiro atoms. The van der Waals surface area contributed by atoms with Gasteiger partial charge in [-0.3, -0.25) is 4.79 Å². The van der Waals surface area contributed by atoms with Crippen LogP contribution in [0.1, 0.15) is 25.3 Å². The lowest BCUT2D eigenvalue weighted by atomic mass is 9.98. The van der Waals surface area contributed by atoms with E-state index in [1.807, 2.05) is 36.1 Å². The maximum atomic E-state index is 12.5. The first kappa shape index (κ1) is 13.9. The molecule has 1 heterocycles. The molecule has 2 N–H and O–H groups in total. The summed E-state index contributed by atoms with van der Waals surface area (Å²) in [6.07, 6.45) is 0. The summed E-state index contributed by atoms with van der Waals surface area (Å²) in [5.74, 6) is 0.0738. The van der Waals surface area contributed by atoms with Gasteiger partial charge in [0.05, 0.1) is 5.92 Å². The number of carbonyl (C=O) groups excluding carboxylic acids is 1. The molecule has 1 aromatic rings. The Morgan fingerprint density at radius 3 is 2.79 bits per heavy atom. The van der Waals surface area contributed by atoms with Gasteiger partial charge in [0.2, 0.25) is 5.91 Å². The zero-order valence-electron chi connectivity index (χ0n) is 12.0. The first-order valence-corrected chi connectivity index (χ1v) is 6.83. The number of nitrogens with zero attached hydrogens (tertiary/aromatic N) is 2. The van der Waals surface area contributed by atoms with Crippen LogP contribution in [-0.2, 0) is 4.79 Å². The highest BCUT2D eigenvalue weighted by molar-refractivity contribution is 5.83. The second kappa shape index (κ2) is 5.61. The normalized spacial score (nSPS) is 22.3. The monoisotopic (exact) mass is 261 g/mol. The molecule has 2 rings (SSSR count). The van der Waals surface area contributed by atoms with Crippen LogP contribution in [0.4, 0.5) is 5.69 Å². The molecule has 1 amide bonds. The van der Waals surface area contributed by atoms with Crippen LogP contribution in [0.3, 0.4) is 0 Å². The Labute approximate surface area is 115 Å². The first-order valence-electron chi connectivity index (χ1n) is 6.83. The van der Waals surface area contributed by atoms with Crippen molar-refractivity contribution in [3.8, 4) is 0 Å². The largest absolute Gasteiger partial charge is 0.399 e. The topological polar surface area (TPSA) is 49.6 Å². The summed E-state index contributed by atoms with van der Waals surface area (Å²) in [6.45, 7) is 6.68. The predicted octanol–water partition coefficient (Wildman–Crippen LogP) is 1.53. The maximum absolute atomic E-state index is 12.5. The van der Waals surface area contributed by atoms with Crippen molar-refractivity contribution in [3.05, 3.63) is 29.8 Å². The minimum absolute atomic E-state index is 0.126. The average Bonchev–Trinajstić information content (AvgIpc) is 2.40. The number of hydrogen-bond acceptors (Lipinski definition) is 3. The number of rotatable bonds is 2. The average molecular weight is 261 g/mol. The quantitative estimate of drug-likeness (QED) is 0.822. The molecule has 0 saturated carbocycles. The first-order chi connectivity index (χ1) is 8.99. The van der Waals surface area contributed by atoms with Gasteiger partial charge in [-0.15, -0.1) is 0 Å². The number of hydrogen-bond donors (Lipinski definition) is 1. The Morgan fingerprint density at radius 1 is 1.42 bits per heavy atom. The van der Waals surface area contributed by atoms with E-state index < -0.39 is 0 Å². The molecule has 0 aliphatic carbocycles. The highest BCUT2D eigenvalue weighted by atomic mass is 16.2. The summed E-state index contributed by atoms with van der Waals surface area (Å²) < 4.78 is 0. The number of likely N-dealkylation sites (N-methyl/N-ethyl adjacent to an activating group) is 1. The molecule has 4 nitrogen and oxygen atoms in total. The zero-order chi connectivity index (χ0) is 14.0. The molecule has 4 heteroatoms. The minimum atomic E-state index is -0.126. The third-order valence-electron chi connectivity index (χ3n) is 4.05. The van der Waals surface area contributed by atoms with Gasteiger partial charge in [-0.05, 0) is 38.6 Å². The van der Waals surface area contributed by atoms with Gasteiger partial charge in [0.1, 0.15) is 0 Å². The van der Waals surface area contributed by atoms with Crippen molar-refractivity contribution < 1.29 is 4.79 Å². The number of amides is 1. The summed E-state index contributed by atoms with van der Waals surface area (Å²) in [5, 5.41) is 0. The van der Waals surface area contributed by atoms with Crippen LogP contribution in [-0.4, -0.2) is 48.4 Å². The van der Waals surface area contributed by atoms with Gasteiger partial charge in [-0.2, -0.15) is 0 Å². The van der Waals surface area contributed by atoms with E-state index in [2.05, 4.69) is 18.9 Å². The van der Waals surface area contributed by atoms with E-state index in [0.29, 0.717) is 11.7 Å². The third kappa shape index (κ3) is 3.07. The van der Waals surface area contributed by atoms with E-state index in [1.165, 1.54) is 0 Å². The van der Waals surface area contributed by atoms with Crippen molar-refractivity contribution in [2.24, 2.45) is 0 Å². The molecule has 0 aromatic heterocycles. The maximum Gasteiger partial charge on any atom is 0.229 e. The number of piperazine rings is 1. The third-order valence-corrected chi connectivity index (χ3v) is 4.05. The number of nitrogen functional groups attached to an aromatic ring is 1. The standard InChI is InChI=1S/C15H23N3O/c1-11-10-18(8-7-17(11)3)15(19)12(2)13-5-4-6-14(16)9-13/h4-6,9,11-12H,7-8,10,16H2,1-3H3. The molecule has 0 bridgehead atoms. The molecular formula is C15H23N3O. The van der Waals surface area contributed by atoms with Crippen LogP contribution in [0.25, 0.3) is 0 Å². The van der Waals surface area contributed by atoms with Crippen LogP contribution >= 0.6 is 0 Å². The van der Waals surface area contributed by atoms with E-state index in [1.54, 1.807) is 0 Å². The summed E-state index contributed by atoms with van der Waals surface area (Å²) in [5.41, 5.74) is 7.49. The SMILES string of the molecule is CC(C(=O)N1CCN(C)C(C)C1)c1cccc(N)c1. The molecule has 2 atom stereocenters. The molecule has 1 saturated heterocycles. The van der Waals surface area contributed by atoms with Crippen molar-refractivity contribution in [2.75, 3.05) is 32.4 Å². The van der Waals surface area contributed by atoms with Crippen LogP contribution in [0, 0.1) is 0 Å².